The fourth-order valence-electron chi connectivity index (χ4n) is 6.54. The van der Waals surface area contributed by atoms with Crippen molar-refractivity contribution >= 4 is 21.8 Å². The van der Waals surface area contributed by atoms with Gasteiger partial charge in [-0.05, 0) is 89.2 Å². The standard InChI is InChI=1S/C35H25N5/c1-21-15-23(35-27-7-11-36-17-29(27)30-18-37-12-8-28(30)35)3-5-25(21)26-6-4-24(16-22(26)2)40-33-9-13-38-19-31(33)32-20-39-14-10-34(32)40/h3-20,35H,1-2H3. The number of benzene rings is 2. The van der Waals surface area contributed by atoms with Crippen molar-refractivity contribution in [1.82, 2.24) is 24.5 Å². The SMILES string of the molecule is Cc1cc(C2c3ccncc3-c3cnccc32)ccc1-c1ccc(-n2c3ccncc3c3cnccc32)cc1C. The third-order valence-corrected chi connectivity index (χ3v) is 8.33. The van der Waals surface area contributed by atoms with Crippen LogP contribution < -0.4 is 0 Å². The van der Waals surface area contributed by atoms with Crippen molar-refractivity contribution in [2.75, 3.05) is 0 Å². The molecule has 0 N–H and O–H groups in total. The largest absolute Gasteiger partial charge is 0.309 e. The molecule has 8 rings (SSSR count). The van der Waals surface area contributed by atoms with Crippen LogP contribution in [0.3, 0.4) is 0 Å². The summed E-state index contributed by atoms with van der Waals surface area (Å²) in [6.45, 7) is 4.42. The van der Waals surface area contributed by atoms with Gasteiger partial charge in [0.1, 0.15) is 0 Å². The number of aryl methyl sites for hydroxylation is 2. The number of hydrogen-bond acceptors (Lipinski definition) is 4. The zero-order valence-electron chi connectivity index (χ0n) is 22.2. The Morgan fingerprint density at radius 2 is 1.05 bits per heavy atom. The molecule has 0 unspecified atom stereocenters. The first-order valence-corrected chi connectivity index (χ1v) is 13.5. The van der Waals surface area contributed by atoms with Gasteiger partial charge < -0.3 is 4.57 Å². The third-order valence-electron chi connectivity index (χ3n) is 8.33. The number of fused-ring (bicyclic) bond motifs is 6. The highest BCUT2D eigenvalue weighted by Crippen LogP contribution is 2.47. The van der Waals surface area contributed by atoms with E-state index >= 15 is 0 Å². The van der Waals surface area contributed by atoms with Crippen LogP contribution in [0.2, 0.25) is 0 Å². The summed E-state index contributed by atoms with van der Waals surface area (Å²) in [7, 11) is 0. The molecule has 2 aromatic carbocycles. The van der Waals surface area contributed by atoms with Crippen molar-refractivity contribution in [3.05, 3.63) is 138 Å². The summed E-state index contributed by atoms with van der Waals surface area (Å²) in [6, 6.07) is 22.1. The lowest BCUT2D eigenvalue weighted by molar-refractivity contribution is 1.00. The molecule has 40 heavy (non-hydrogen) atoms. The van der Waals surface area contributed by atoms with Gasteiger partial charge in [0.25, 0.3) is 0 Å². The van der Waals surface area contributed by atoms with Gasteiger partial charge in [-0.2, -0.15) is 0 Å². The lowest BCUT2D eigenvalue weighted by Crippen LogP contribution is -2.01. The van der Waals surface area contributed by atoms with E-state index in [0.29, 0.717) is 0 Å². The van der Waals surface area contributed by atoms with Gasteiger partial charge in [-0.15, -0.1) is 0 Å². The van der Waals surface area contributed by atoms with Gasteiger partial charge in [-0.1, -0.05) is 24.3 Å². The maximum Gasteiger partial charge on any atom is 0.0572 e. The molecule has 0 atom stereocenters. The van der Waals surface area contributed by atoms with E-state index < -0.39 is 0 Å². The van der Waals surface area contributed by atoms with E-state index in [4.69, 9.17) is 0 Å². The fourth-order valence-corrected chi connectivity index (χ4v) is 6.54. The Kier molecular flexibility index (Phi) is 4.95. The van der Waals surface area contributed by atoms with Crippen LogP contribution in [0.5, 0.6) is 0 Å². The molecule has 190 valence electrons. The van der Waals surface area contributed by atoms with E-state index in [9.17, 15) is 0 Å². The lowest BCUT2D eigenvalue weighted by Gasteiger charge is -2.18. The molecule has 0 radical (unpaired) electrons. The first-order valence-electron chi connectivity index (χ1n) is 13.5. The van der Waals surface area contributed by atoms with Crippen molar-refractivity contribution in [2.45, 2.75) is 19.8 Å². The first kappa shape index (κ1) is 22.8. The molecule has 7 aromatic rings. The quantitative estimate of drug-likeness (QED) is 0.241. The number of aromatic nitrogens is 5. The Labute approximate surface area is 231 Å². The van der Waals surface area contributed by atoms with Crippen LogP contribution in [0.25, 0.3) is 49.7 Å². The summed E-state index contributed by atoms with van der Waals surface area (Å²) < 4.78 is 2.31. The summed E-state index contributed by atoms with van der Waals surface area (Å²) in [5.74, 6) is 0.187. The molecular formula is C35H25N5. The van der Waals surface area contributed by atoms with E-state index in [0.717, 1.165) is 27.5 Å². The Balaban J connectivity index is 1.22. The van der Waals surface area contributed by atoms with Crippen LogP contribution in [0, 0.1) is 13.8 Å². The Hall–Kier alpha value is -5.16. The van der Waals surface area contributed by atoms with Crippen LogP contribution in [0.1, 0.15) is 33.7 Å². The number of hydrogen-bond donors (Lipinski definition) is 0. The van der Waals surface area contributed by atoms with Crippen molar-refractivity contribution < 1.29 is 0 Å². The Morgan fingerprint density at radius 3 is 1.62 bits per heavy atom. The van der Waals surface area contributed by atoms with E-state index in [1.54, 1.807) is 0 Å². The van der Waals surface area contributed by atoms with E-state index in [1.807, 2.05) is 49.6 Å². The molecule has 0 bridgehead atoms. The average molecular weight is 516 g/mol. The first-order chi connectivity index (χ1) is 19.7. The smallest absolute Gasteiger partial charge is 0.0572 e. The molecule has 0 amide bonds. The second kappa shape index (κ2) is 8.68. The predicted molar refractivity (Wildman–Crippen MR) is 160 cm³/mol. The van der Waals surface area contributed by atoms with E-state index in [1.165, 1.54) is 50.1 Å². The second-order valence-corrected chi connectivity index (χ2v) is 10.6. The molecule has 0 fully saturated rings. The van der Waals surface area contributed by atoms with Gasteiger partial charge in [0.05, 0.1) is 11.0 Å². The minimum Gasteiger partial charge on any atom is -0.309 e. The van der Waals surface area contributed by atoms with Crippen LogP contribution in [-0.4, -0.2) is 24.5 Å². The molecule has 0 saturated heterocycles. The summed E-state index contributed by atoms with van der Waals surface area (Å²) in [4.78, 5) is 17.5. The highest BCUT2D eigenvalue weighted by atomic mass is 15.0. The maximum absolute atomic E-state index is 4.39. The van der Waals surface area contributed by atoms with Crippen molar-refractivity contribution in [3.63, 3.8) is 0 Å². The minimum absolute atomic E-state index is 0.187. The van der Waals surface area contributed by atoms with Crippen LogP contribution in [0.4, 0.5) is 0 Å². The van der Waals surface area contributed by atoms with Crippen molar-refractivity contribution in [2.24, 2.45) is 0 Å². The van der Waals surface area contributed by atoms with Crippen molar-refractivity contribution in [1.29, 1.82) is 0 Å². The highest BCUT2D eigenvalue weighted by Gasteiger charge is 2.30. The summed E-state index contributed by atoms with van der Waals surface area (Å²) >= 11 is 0. The molecule has 5 heteroatoms. The summed E-state index contributed by atoms with van der Waals surface area (Å²) in [5, 5.41) is 2.22. The topological polar surface area (TPSA) is 56.5 Å². The number of rotatable bonds is 3. The van der Waals surface area contributed by atoms with E-state index in [2.05, 4.69) is 99.0 Å². The minimum atomic E-state index is 0.187. The Bertz CT molecular complexity index is 2010. The molecular weight excluding hydrogens is 490 g/mol. The van der Waals surface area contributed by atoms with Crippen molar-refractivity contribution in [3.8, 4) is 27.9 Å². The monoisotopic (exact) mass is 515 g/mol. The second-order valence-electron chi connectivity index (χ2n) is 10.6. The summed E-state index contributed by atoms with van der Waals surface area (Å²) in [6.07, 6.45) is 15.3. The van der Waals surface area contributed by atoms with E-state index in [-0.39, 0.29) is 5.92 Å². The number of pyridine rings is 4. The molecule has 0 aliphatic heterocycles. The maximum atomic E-state index is 4.39. The molecule has 1 aliphatic rings. The van der Waals surface area contributed by atoms with Gasteiger partial charge in [0, 0.05) is 83.1 Å². The van der Waals surface area contributed by atoms with Crippen LogP contribution >= 0.6 is 0 Å². The zero-order chi connectivity index (χ0) is 26.8. The fraction of sp³-hybridized carbons (Fsp3) is 0.0857. The lowest BCUT2D eigenvalue weighted by atomic mass is 9.86. The highest BCUT2D eigenvalue weighted by molar-refractivity contribution is 6.08. The molecule has 5 heterocycles. The average Bonchev–Trinajstić information content (AvgIpc) is 3.51. The van der Waals surface area contributed by atoms with Crippen LogP contribution in [0.15, 0.2) is 110 Å². The zero-order valence-corrected chi connectivity index (χ0v) is 22.2. The molecule has 5 nitrogen and oxygen atoms in total. The summed E-state index contributed by atoms with van der Waals surface area (Å²) in [5.41, 5.74) is 14.6. The molecule has 0 saturated carbocycles. The van der Waals surface area contributed by atoms with Gasteiger partial charge >= 0.3 is 0 Å². The van der Waals surface area contributed by atoms with Gasteiger partial charge in [0.15, 0.2) is 0 Å². The van der Waals surface area contributed by atoms with Gasteiger partial charge in [-0.3, -0.25) is 19.9 Å². The predicted octanol–water partition coefficient (Wildman–Crippen LogP) is 7.81. The Morgan fingerprint density at radius 1 is 0.525 bits per heavy atom. The third kappa shape index (κ3) is 3.27. The van der Waals surface area contributed by atoms with Crippen LogP contribution in [-0.2, 0) is 0 Å². The normalized spacial score (nSPS) is 12.7. The van der Waals surface area contributed by atoms with Gasteiger partial charge in [-0.25, -0.2) is 0 Å². The molecule has 5 aromatic heterocycles. The molecule has 0 spiro atoms. The van der Waals surface area contributed by atoms with Gasteiger partial charge in [0.2, 0.25) is 0 Å². The number of nitrogens with zero attached hydrogens (tertiary/aromatic N) is 5. The molecule has 1 aliphatic carbocycles.